The van der Waals surface area contributed by atoms with Gasteiger partial charge in [0, 0.05) is 30.7 Å². The number of non-ortho nitro benzene ring substituents is 1. The molecule has 0 radical (unpaired) electrons. The van der Waals surface area contributed by atoms with Crippen molar-refractivity contribution in [2.24, 2.45) is 5.10 Å². The van der Waals surface area contributed by atoms with E-state index in [-0.39, 0.29) is 16.3 Å². The number of carbonyl (C=O) groups is 1. The van der Waals surface area contributed by atoms with Gasteiger partial charge in [0.2, 0.25) is 0 Å². The van der Waals surface area contributed by atoms with E-state index in [4.69, 9.17) is 0 Å². The summed E-state index contributed by atoms with van der Waals surface area (Å²) in [5.41, 5.74) is 3.91. The van der Waals surface area contributed by atoms with Gasteiger partial charge in [-0.25, -0.2) is 13.8 Å². The number of sulfonamides is 1. The van der Waals surface area contributed by atoms with E-state index in [1.807, 2.05) is 37.2 Å². The number of nitrogens with one attached hydrogen (secondary N) is 1. The number of hydrazone groups is 1. The van der Waals surface area contributed by atoms with Crippen molar-refractivity contribution >= 4 is 55.1 Å². The first-order valence-electron chi connectivity index (χ1n) is 10.2. The highest BCUT2D eigenvalue weighted by Gasteiger charge is 2.27. The van der Waals surface area contributed by atoms with Crippen molar-refractivity contribution < 1.29 is 18.1 Å². The third kappa shape index (κ3) is 6.43. The van der Waals surface area contributed by atoms with Crippen LogP contribution >= 0.6 is 15.9 Å². The molecule has 0 saturated carbocycles. The molecule has 1 amide bonds. The summed E-state index contributed by atoms with van der Waals surface area (Å²) in [5.74, 6) is -0.692. The molecule has 35 heavy (non-hydrogen) atoms. The van der Waals surface area contributed by atoms with Gasteiger partial charge in [-0.1, -0.05) is 24.3 Å². The molecule has 12 heteroatoms. The number of nitro groups is 1. The van der Waals surface area contributed by atoms with Crippen LogP contribution in [0.15, 0.2) is 87.3 Å². The Bertz CT molecular complexity index is 1350. The molecule has 182 valence electrons. The van der Waals surface area contributed by atoms with E-state index in [0.717, 1.165) is 14.5 Å². The van der Waals surface area contributed by atoms with Crippen molar-refractivity contribution in [1.82, 2.24) is 5.43 Å². The lowest BCUT2D eigenvalue weighted by molar-refractivity contribution is -0.384. The molecule has 0 aromatic heterocycles. The average molecular weight is 560 g/mol. The van der Waals surface area contributed by atoms with Crippen molar-refractivity contribution in [3.8, 4) is 0 Å². The number of hydrogen-bond donors (Lipinski definition) is 1. The second kappa shape index (κ2) is 11.1. The molecular weight excluding hydrogens is 538 g/mol. The largest absolute Gasteiger partial charge is 0.377 e. The lowest BCUT2D eigenvalue weighted by Gasteiger charge is -2.23. The second-order valence-electron chi connectivity index (χ2n) is 7.50. The van der Waals surface area contributed by atoms with Gasteiger partial charge in [-0.15, -0.1) is 0 Å². The molecule has 0 saturated heterocycles. The zero-order chi connectivity index (χ0) is 25.6. The van der Waals surface area contributed by atoms with Gasteiger partial charge >= 0.3 is 0 Å². The Hall–Kier alpha value is -3.77. The molecule has 1 N–H and O–H groups in total. The number of rotatable bonds is 9. The predicted molar refractivity (Wildman–Crippen MR) is 138 cm³/mol. The van der Waals surface area contributed by atoms with E-state index >= 15 is 0 Å². The number of amides is 1. The first kappa shape index (κ1) is 25.8. The van der Waals surface area contributed by atoms with Gasteiger partial charge in [0.15, 0.2) is 0 Å². The zero-order valence-electron chi connectivity index (χ0n) is 18.8. The molecule has 0 bridgehead atoms. The summed E-state index contributed by atoms with van der Waals surface area (Å²) in [5, 5.41) is 14.9. The topological polar surface area (TPSA) is 125 Å². The Labute approximate surface area is 211 Å². The number of nitro benzene ring substituents is 1. The van der Waals surface area contributed by atoms with Crippen LogP contribution in [0.25, 0.3) is 0 Å². The molecule has 0 aliphatic carbocycles. The molecule has 0 atom stereocenters. The van der Waals surface area contributed by atoms with Crippen LogP contribution in [-0.2, 0) is 14.8 Å². The van der Waals surface area contributed by atoms with Crippen LogP contribution < -0.4 is 14.6 Å². The molecule has 3 rings (SSSR count). The highest BCUT2D eigenvalue weighted by atomic mass is 79.9. The fourth-order valence-corrected chi connectivity index (χ4v) is 5.28. The van der Waals surface area contributed by atoms with Crippen molar-refractivity contribution in [2.45, 2.75) is 4.90 Å². The predicted octanol–water partition coefficient (Wildman–Crippen LogP) is 3.77. The summed E-state index contributed by atoms with van der Waals surface area (Å²) in [6.45, 7) is -0.588. The fourth-order valence-electron chi connectivity index (χ4n) is 3.09. The molecule has 0 heterocycles. The summed E-state index contributed by atoms with van der Waals surface area (Å²) in [6.07, 6.45) is 1.43. The molecule has 3 aromatic rings. The van der Waals surface area contributed by atoms with Gasteiger partial charge in [-0.3, -0.25) is 19.2 Å². The summed E-state index contributed by atoms with van der Waals surface area (Å²) in [7, 11) is -0.316. The van der Waals surface area contributed by atoms with Crippen LogP contribution in [0.3, 0.4) is 0 Å². The lowest BCUT2D eigenvalue weighted by Crippen LogP contribution is -2.39. The molecule has 0 spiro atoms. The van der Waals surface area contributed by atoms with E-state index in [0.29, 0.717) is 5.56 Å². The summed E-state index contributed by atoms with van der Waals surface area (Å²) in [6, 6.07) is 18.0. The lowest BCUT2D eigenvalue weighted by atomic mass is 10.2. The van der Waals surface area contributed by atoms with Crippen LogP contribution in [0, 0.1) is 10.1 Å². The Balaban J connectivity index is 1.82. The third-order valence-electron chi connectivity index (χ3n) is 4.82. The minimum absolute atomic E-state index is 0.0273. The molecule has 3 aromatic carbocycles. The van der Waals surface area contributed by atoms with E-state index in [2.05, 4.69) is 26.5 Å². The summed E-state index contributed by atoms with van der Waals surface area (Å²) < 4.78 is 28.3. The Morgan fingerprint density at radius 2 is 1.74 bits per heavy atom. The highest BCUT2D eigenvalue weighted by molar-refractivity contribution is 9.10. The standard InChI is InChI=1S/C23H22BrN5O5S/c1-27(2)22-13-8-17(14-21(22)24)15-25-26-23(30)16-28(18-9-11-19(12-10-18)29(31)32)35(33,34)20-6-4-3-5-7-20/h3-15H,16H2,1-2H3,(H,26,30)/b25-15-. The van der Waals surface area contributed by atoms with Gasteiger partial charge in [-0.2, -0.15) is 5.10 Å². The van der Waals surface area contributed by atoms with Crippen molar-refractivity contribution in [2.75, 3.05) is 29.8 Å². The first-order chi connectivity index (χ1) is 16.6. The minimum atomic E-state index is -4.14. The van der Waals surface area contributed by atoms with E-state index in [1.54, 1.807) is 18.2 Å². The smallest absolute Gasteiger partial charge is 0.269 e. The molecular formula is C23H22BrN5O5S. The zero-order valence-corrected chi connectivity index (χ0v) is 21.2. The Morgan fingerprint density at radius 1 is 1.09 bits per heavy atom. The Morgan fingerprint density at radius 3 is 2.31 bits per heavy atom. The van der Waals surface area contributed by atoms with Crippen LogP contribution in [-0.4, -0.2) is 46.1 Å². The summed E-state index contributed by atoms with van der Waals surface area (Å²) >= 11 is 3.48. The van der Waals surface area contributed by atoms with E-state index in [1.165, 1.54) is 42.6 Å². The maximum Gasteiger partial charge on any atom is 0.269 e. The Kier molecular flexibility index (Phi) is 8.20. The van der Waals surface area contributed by atoms with E-state index < -0.39 is 27.4 Å². The number of benzene rings is 3. The number of carbonyl (C=O) groups excluding carboxylic acids is 1. The van der Waals surface area contributed by atoms with Crippen LogP contribution in [0.4, 0.5) is 17.1 Å². The van der Waals surface area contributed by atoms with Gasteiger partial charge < -0.3 is 4.90 Å². The van der Waals surface area contributed by atoms with Gasteiger partial charge in [0.1, 0.15) is 6.54 Å². The highest BCUT2D eigenvalue weighted by Crippen LogP contribution is 2.26. The quantitative estimate of drug-likeness (QED) is 0.241. The van der Waals surface area contributed by atoms with Crippen LogP contribution in [0.1, 0.15) is 5.56 Å². The van der Waals surface area contributed by atoms with Gasteiger partial charge in [-0.05, 0) is 57.9 Å². The van der Waals surface area contributed by atoms with Crippen molar-refractivity contribution in [3.05, 3.63) is 92.9 Å². The number of hydrogen-bond acceptors (Lipinski definition) is 7. The monoisotopic (exact) mass is 559 g/mol. The first-order valence-corrected chi connectivity index (χ1v) is 12.4. The van der Waals surface area contributed by atoms with E-state index in [9.17, 15) is 23.3 Å². The molecule has 10 nitrogen and oxygen atoms in total. The van der Waals surface area contributed by atoms with Crippen molar-refractivity contribution in [1.29, 1.82) is 0 Å². The number of halogens is 1. The molecule has 0 fully saturated rings. The number of nitrogens with zero attached hydrogens (tertiary/aromatic N) is 4. The number of anilines is 2. The SMILES string of the molecule is CN(C)c1ccc(/C=N\NC(=O)CN(c2ccc([N+](=O)[O-])cc2)S(=O)(=O)c2ccccc2)cc1Br. The van der Waals surface area contributed by atoms with Crippen LogP contribution in [0.5, 0.6) is 0 Å². The fraction of sp³-hybridized carbons (Fsp3) is 0.130. The third-order valence-corrected chi connectivity index (χ3v) is 7.25. The maximum absolute atomic E-state index is 13.3. The normalized spacial score (nSPS) is 11.3. The molecule has 0 aliphatic rings. The second-order valence-corrected chi connectivity index (χ2v) is 10.2. The molecule has 0 aliphatic heterocycles. The van der Waals surface area contributed by atoms with Gasteiger partial charge in [0.25, 0.3) is 21.6 Å². The van der Waals surface area contributed by atoms with Gasteiger partial charge in [0.05, 0.1) is 27.4 Å². The molecule has 0 unspecified atom stereocenters. The van der Waals surface area contributed by atoms with Crippen LogP contribution in [0.2, 0.25) is 0 Å². The maximum atomic E-state index is 13.3. The average Bonchev–Trinajstić information content (AvgIpc) is 2.83. The summed E-state index contributed by atoms with van der Waals surface area (Å²) in [4.78, 5) is 24.9. The minimum Gasteiger partial charge on any atom is -0.377 e. The van der Waals surface area contributed by atoms with Crippen molar-refractivity contribution in [3.63, 3.8) is 0 Å².